The van der Waals surface area contributed by atoms with E-state index >= 15 is 0 Å². The van der Waals surface area contributed by atoms with Gasteiger partial charge in [0.1, 0.15) is 0 Å². The third kappa shape index (κ3) is 8.09. The summed E-state index contributed by atoms with van der Waals surface area (Å²) in [4.78, 5) is 10.3. The van der Waals surface area contributed by atoms with Crippen LogP contribution in [-0.2, 0) is 35.7 Å². The smallest absolute Gasteiger partial charge is 0.330 e. The first-order valence-corrected chi connectivity index (χ1v) is 3.10. The molecule has 56 valence electrons. The van der Waals surface area contributed by atoms with Gasteiger partial charge in [-0.25, -0.2) is 4.79 Å². The van der Waals surface area contributed by atoms with E-state index < -0.39 is 0 Å². The molecule has 0 aromatic heterocycles. The van der Waals surface area contributed by atoms with Crippen LogP contribution in [0.2, 0.25) is 0 Å². The molecule has 0 bridgehead atoms. The van der Waals surface area contributed by atoms with Crippen molar-refractivity contribution in [3.8, 4) is 0 Å². The Kier molecular flexibility index (Phi) is 11.6. The Morgan fingerprint density at radius 2 is 2.30 bits per heavy atom. The molecule has 0 radical (unpaired) electrons. The van der Waals surface area contributed by atoms with Crippen LogP contribution in [0, 0.1) is 0 Å². The van der Waals surface area contributed by atoms with Gasteiger partial charge in [0.2, 0.25) is 0 Å². The van der Waals surface area contributed by atoms with Gasteiger partial charge in [0, 0.05) is 32.3 Å². The topological polar surface area (TPSA) is 26.3 Å². The molecule has 0 heterocycles. The van der Waals surface area contributed by atoms with Gasteiger partial charge in [-0.15, -0.1) is 0 Å². The Balaban J connectivity index is 0. The molecule has 2 nitrogen and oxygen atoms in total. The molecular weight excluding hydrogens is 207 g/mol. The zero-order chi connectivity index (χ0) is 7.11. The van der Waals surface area contributed by atoms with E-state index in [-0.39, 0.29) is 32.2 Å². The van der Waals surface area contributed by atoms with Crippen molar-refractivity contribution in [2.45, 2.75) is 19.8 Å². The van der Waals surface area contributed by atoms with Crippen LogP contribution < -0.4 is 0 Å². The number of ether oxygens (including phenoxy) is 1. The van der Waals surface area contributed by atoms with Crippen molar-refractivity contribution >= 4 is 5.97 Å². The molecule has 0 spiro atoms. The van der Waals surface area contributed by atoms with Gasteiger partial charge in [-0.05, 0) is 6.42 Å². The van der Waals surface area contributed by atoms with Crippen LogP contribution in [0.1, 0.15) is 19.8 Å². The summed E-state index contributed by atoms with van der Waals surface area (Å²) < 4.78 is 4.67. The number of carbonyl (C=O) groups excluding carboxylic acids is 1. The van der Waals surface area contributed by atoms with Crippen LogP contribution in [0.25, 0.3) is 0 Å². The van der Waals surface area contributed by atoms with Gasteiger partial charge in [0.05, 0.1) is 6.61 Å². The van der Waals surface area contributed by atoms with E-state index in [2.05, 4.69) is 11.3 Å². The Bertz CT molecular complexity index is 102. The van der Waals surface area contributed by atoms with Crippen molar-refractivity contribution in [3.63, 3.8) is 0 Å². The quantitative estimate of drug-likeness (QED) is 0.407. The van der Waals surface area contributed by atoms with Gasteiger partial charge in [0.25, 0.3) is 0 Å². The van der Waals surface area contributed by atoms with Crippen molar-refractivity contribution in [1.82, 2.24) is 0 Å². The largest absolute Gasteiger partial charge is 0.463 e. The fourth-order valence-corrected chi connectivity index (χ4v) is 0.376. The number of carbonyl (C=O) groups is 1. The fraction of sp³-hybridized carbons (Fsp3) is 0.571. The van der Waals surface area contributed by atoms with Crippen LogP contribution in [-0.4, -0.2) is 12.6 Å². The third-order valence-corrected chi connectivity index (χ3v) is 0.909. The standard InChI is InChI=1S/C7H12O2.Zr/c1-3-5-6-9-7(8)4-2;/h4H,2-3,5-6H2,1H3;. The molecule has 0 aliphatic rings. The van der Waals surface area contributed by atoms with Crippen molar-refractivity contribution < 1.29 is 35.7 Å². The summed E-state index contributed by atoms with van der Waals surface area (Å²) >= 11 is 0. The van der Waals surface area contributed by atoms with Crippen LogP contribution in [0.3, 0.4) is 0 Å². The van der Waals surface area contributed by atoms with E-state index in [0.717, 1.165) is 12.8 Å². The first-order chi connectivity index (χ1) is 4.31. The zero-order valence-corrected chi connectivity index (χ0v) is 8.68. The predicted octanol–water partition coefficient (Wildman–Crippen LogP) is 1.51. The van der Waals surface area contributed by atoms with Crippen molar-refractivity contribution in [3.05, 3.63) is 12.7 Å². The SMILES string of the molecule is C=CC(=O)OCCCC.[Zr]. The van der Waals surface area contributed by atoms with Gasteiger partial charge in [-0.2, -0.15) is 0 Å². The number of rotatable bonds is 4. The minimum atomic E-state index is -0.330. The monoisotopic (exact) mass is 218 g/mol. The molecule has 0 aliphatic carbocycles. The molecule has 10 heavy (non-hydrogen) atoms. The number of unbranched alkanes of at least 4 members (excludes halogenated alkanes) is 1. The van der Waals surface area contributed by atoms with E-state index in [1.54, 1.807) is 0 Å². The van der Waals surface area contributed by atoms with Gasteiger partial charge in [0.15, 0.2) is 0 Å². The maximum atomic E-state index is 10.3. The molecule has 3 heteroatoms. The van der Waals surface area contributed by atoms with Crippen molar-refractivity contribution in [1.29, 1.82) is 0 Å². The van der Waals surface area contributed by atoms with E-state index in [1.807, 2.05) is 6.92 Å². The molecule has 0 N–H and O–H groups in total. The van der Waals surface area contributed by atoms with Gasteiger partial charge >= 0.3 is 5.97 Å². The second kappa shape index (κ2) is 9.09. The molecule has 0 aromatic carbocycles. The Hall–Kier alpha value is 0.0931. The van der Waals surface area contributed by atoms with E-state index in [0.29, 0.717) is 6.61 Å². The summed E-state index contributed by atoms with van der Waals surface area (Å²) in [6.45, 7) is 5.82. The Morgan fingerprint density at radius 3 is 2.70 bits per heavy atom. The number of hydrogen-bond donors (Lipinski definition) is 0. The second-order valence-corrected chi connectivity index (χ2v) is 1.73. The first kappa shape index (κ1) is 12.7. The second-order valence-electron chi connectivity index (χ2n) is 1.73. The minimum absolute atomic E-state index is 0. The molecule has 0 saturated carbocycles. The average Bonchev–Trinajstić information content (AvgIpc) is 1.89. The molecule has 0 amide bonds. The van der Waals surface area contributed by atoms with Crippen LogP contribution in [0.15, 0.2) is 12.7 Å². The van der Waals surface area contributed by atoms with Gasteiger partial charge in [-0.3, -0.25) is 0 Å². The van der Waals surface area contributed by atoms with Crippen molar-refractivity contribution in [2.75, 3.05) is 6.61 Å². The van der Waals surface area contributed by atoms with Gasteiger partial charge in [-0.1, -0.05) is 19.9 Å². The summed E-state index contributed by atoms with van der Waals surface area (Å²) in [5, 5.41) is 0. The molecule has 0 rings (SSSR count). The Morgan fingerprint density at radius 1 is 1.70 bits per heavy atom. The number of hydrogen-bond acceptors (Lipinski definition) is 2. The fourth-order valence-electron chi connectivity index (χ4n) is 0.376. The van der Waals surface area contributed by atoms with Crippen LogP contribution >= 0.6 is 0 Å². The molecule has 0 atom stereocenters. The summed E-state index contributed by atoms with van der Waals surface area (Å²) in [6, 6.07) is 0. The maximum absolute atomic E-state index is 10.3. The minimum Gasteiger partial charge on any atom is -0.463 e. The predicted molar refractivity (Wildman–Crippen MR) is 36.1 cm³/mol. The van der Waals surface area contributed by atoms with Crippen LogP contribution in [0.4, 0.5) is 0 Å². The number of esters is 1. The molecule has 0 saturated heterocycles. The third-order valence-electron chi connectivity index (χ3n) is 0.909. The summed E-state index contributed by atoms with van der Waals surface area (Å²) in [5.74, 6) is -0.330. The normalized spacial score (nSPS) is 7.70. The summed E-state index contributed by atoms with van der Waals surface area (Å²) in [5.41, 5.74) is 0. The maximum Gasteiger partial charge on any atom is 0.330 e. The van der Waals surface area contributed by atoms with Gasteiger partial charge < -0.3 is 4.74 Å². The average molecular weight is 219 g/mol. The van der Waals surface area contributed by atoms with Crippen LogP contribution in [0.5, 0.6) is 0 Å². The molecular formula is C7H12O2Zr. The summed E-state index contributed by atoms with van der Waals surface area (Å²) in [7, 11) is 0. The van der Waals surface area contributed by atoms with Crippen molar-refractivity contribution in [2.24, 2.45) is 0 Å². The molecule has 0 aliphatic heterocycles. The molecule has 0 fully saturated rings. The molecule has 0 aromatic rings. The zero-order valence-electron chi connectivity index (χ0n) is 6.22. The summed E-state index contributed by atoms with van der Waals surface area (Å²) in [6.07, 6.45) is 3.15. The van der Waals surface area contributed by atoms with E-state index in [4.69, 9.17) is 0 Å². The first-order valence-electron chi connectivity index (χ1n) is 3.10. The van der Waals surface area contributed by atoms with E-state index in [1.165, 1.54) is 6.08 Å². The Labute approximate surface area is 80.8 Å². The van der Waals surface area contributed by atoms with E-state index in [9.17, 15) is 4.79 Å². The molecule has 0 unspecified atom stereocenters.